The van der Waals surface area contributed by atoms with Gasteiger partial charge in [0.15, 0.2) is 5.78 Å². The lowest BCUT2D eigenvalue weighted by Gasteiger charge is -2.00. The van der Waals surface area contributed by atoms with Crippen molar-refractivity contribution in [2.75, 3.05) is 0 Å². The van der Waals surface area contributed by atoms with Crippen molar-refractivity contribution in [3.8, 4) is 0 Å². The van der Waals surface area contributed by atoms with Gasteiger partial charge < -0.3 is 5.73 Å². The molecule has 0 amide bonds. The van der Waals surface area contributed by atoms with Crippen LogP contribution in [0.4, 0.5) is 0 Å². The Morgan fingerprint density at radius 3 is 2.93 bits per heavy atom. The van der Waals surface area contributed by atoms with Gasteiger partial charge in [0.1, 0.15) is 0 Å². The Morgan fingerprint density at radius 1 is 1.40 bits per heavy atom. The molecule has 0 bridgehead atoms. The molecule has 0 aliphatic carbocycles. The van der Waals surface area contributed by atoms with E-state index in [9.17, 15) is 4.79 Å². The number of rotatable bonds is 3. The number of thiophene rings is 1. The summed E-state index contributed by atoms with van der Waals surface area (Å²) in [5.41, 5.74) is 7.56. The third kappa shape index (κ3) is 2.11. The van der Waals surface area contributed by atoms with Gasteiger partial charge in [-0.2, -0.15) is 11.3 Å². The molecule has 2 aromatic rings. The molecule has 0 unspecified atom stereocenters. The van der Waals surface area contributed by atoms with Gasteiger partial charge in [-0.25, -0.2) is 0 Å². The van der Waals surface area contributed by atoms with E-state index in [0.29, 0.717) is 17.7 Å². The fourth-order valence-electron chi connectivity index (χ4n) is 1.29. The fourth-order valence-corrected chi connectivity index (χ4v) is 1.93. The highest BCUT2D eigenvalue weighted by Gasteiger charge is 2.09. The minimum absolute atomic E-state index is 0.0216. The van der Waals surface area contributed by atoms with E-state index in [2.05, 4.69) is 4.98 Å². The Hall–Kier alpha value is -1.52. The third-order valence-corrected chi connectivity index (χ3v) is 2.75. The van der Waals surface area contributed by atoms with Crippen LogP contribution in [-0.4, -0.2) is 10.8 Å². The molecule has 4 heteroatoms. The first-order chi connectivity index (χ1) is 7.31. The summed E-state index contributed by atoms with van der Waals surface area (Å²) >= 11 is 1.51. The maximum Gasteiger partial charge on any atom is 0.193 e. The predicted molar refractivity (Wildman–Crippen MR) is 59.9 cm³/mol. The molecule has 3 nitrogen and oxygen atoms in total. The quantitative estimate of drug-likeness (QED) is 0.800. The van der Waals surface area contributed by atoms with Gasteiger partial charge in [-0.05, 0) is 23.6 Å². The molecule has 2 N–H and O–H groups in total. The Labute approximate surface area is 91.6 Å². The van der Waals surface area contributed by atoms with Crippen LogP contribution in [0.3, 0.4) is 0 Å². The first-order valence-electron chi connectivity index (χ1n) is 4.53. The molecule has 0 saturated heterocycles. The topological polar surface area (TPSA) is 56.0 Å². The fraction of sp³-hybridized carbons (Fsp3) is 0.0909. The Bertz CT molecular complexity index is 465. The van der Waals surface area contributed by atoms with Crippen molar-refractivity contribution in [2.45, 2.75) is 6.54 Å². The molecule has 0 radical (unpaired) electrons. The van der Waals surface area contributed by atoms with Crippen molar-refractivity contribution < 1.29 is 4.79 Å². The molecular weight excluding hydrogens is 208 g/mol. The highest BCUT2D eigenvalue weighted by molar-refractivity contribution is 7.08. The number of nitrogens with two attached hydrogens (primary N) is 1. The molecule has 2 rings (SSSR count). The van der Waals surface area contributed by atoms with Crippen molar-refractivity contribution >= 4 is 17.1 Å². The Kier molecular flexibility index (Phi) is 2.89. The van der Waals surface area contributed by atoms with E-state index in [1.807, 2.05) is 16.8 Å². The molecular formula is C11H10N2OS. The molecule has 2 heterocycles. The standard InChI is InChI=1S/C11H10N2OS/c12-6-10-5-8(1-3-13-10)11(14)9-2-4-15-7-9/h1-5,7H,6,12H2. The van der Waals surface area contributed by atoms with Gasteiger partial charge in [-0.1, -0.05) is 0 Å². The SMILES string of the molecule is NCc1cc(C(=O)c2ccsc2)ccn1. The van der Waals surface area contributed by atoms with Crippen LogP contribution < -0.4 is 5.73 Å². The Morgan fingerprint density at radius 2 is 2.27 bits per heavy atom. The van der Waals surface area contributed by atoms with Gasteiger partial charge in [0, 0.05) is 29.2 Å². The van der Waals surface area contributed by atoms with E-state index < -0.39 is 0 Å². The second kappa shape index (κ2) is 4.33. The number of ketones is 1. The molecule has 15 heavy (non-hydrogen) atoms. The molecule has 2 aromatic heterocycles. The van der Waals surface area contributed by atoms with Crippen molar-refractivity contribution in [3.05, 3.63) is 52.0 Å². The highest BCUT2D eigenvalue weighted by Crippen LogP contribution is 2.13. The lowest BCUT2D eigenvalue weighted by molar-refractivity contribution is 0.103. The lowest BCUT2D eigenvalue weighted by atomic mass is 10.1. The van der Waals surface area contributed by atoms with Crippen LogP contribution >= 0.6 is 11.3 Å². The predicted octanol–water partition coefficient (Wildman–Crippen LogP) is 1.83. The summed E-state index contributed by atoms with van der Waals surface area (Å²) < 4.78 is 0. The summed E-state index contributed by atoms with van der Waals surface area (Å²) in [6, 6.07) is 5.26. The van der Waals surface area contributed by atoms with Crippen LogP contribution in [0.25, 0.3) is 0 Å². The van der Waals surface area contributed by atoms with E-state index in [1.165, 1.54) is 11.3 Å². The van der Waals surface area contributed by atoms with Crippen molar-refractivity contribution in [1.29, 1.82) is 0 Å². The first-order valence-corrected chi connectivity index (χ1v) is 5.47. The zero-order chi connectivity index (χ0) is 10.7. The summed E-state index contributed by atoms with van der Waals surface area (Å²) in [4.78, 5) is 16.0. The number of pyridine rings is 1. The van der Waals surface area contributed by atoms with Gasteiger partial charge >= 0.3 is 0 Å². The van der Waals surface area contributed by atoms with Crippen LogP contribution in [-0.2, 0) is 6.54 Å². The van der Waals surface area contributed by atoms with Crippen LogP contribution in [0, 0.1) is 0 Å². The highest BCUT2D eigenvalue weighted by atomic mass is 32.1. The summed E-state index contributed by atoms with van der Waals surface area (Å²) in [6.45, 7) is 0.352. The molecule has 76 valence electrons. The van der Waals surface area contributed by atoms with Crippen molar-refractivity contribution in [2.24, 2.45) is 5.73 Å². The van der Waals surface area contributed by atoms with Crippen LogP contribution in [0.5, 0.6) is 0 Å². The van der Waals surface area contributed by atoms with E-state index >= 15 is 0 Å². The zero-order valence-electron chi connectivity index (χ0n) is 8.01. The van der Waals surface area contributed by atoms with Crippen LogP contribution in [0.15, 0.2) is 35.2 Å². The van der Waals surface area contributed by atoms with Gasteiger partial charge in [0.25, 0.3) is 0 Å². The van der Waals surface area contributed by atoms with Gasteiger partial charge in [0.05, 0.1) is 5.69 Å². The maximum atomic E-state index is 11.9. The Balaban J connectivity index is 2.34. The minimum atomic E-state index is 0.0216. The number of hydrogen-bond donors (Lipinski definition) is 1. The minimum Gasteiger partial charge on any atom is -0.325 e. The summed E-state index contributed by atoms with van der Waals surface area (Å²) in [5.74, 6) is 0.0216. The number of nitrogens with zero attached hydrogens (tertiary/aromatic N) is 1. The second-order valence-electron chi connectivity index (χ2n) is 3.08. The molecule has 0 aliphatic rings. The molecule has 0 spiro atoms. The van der Waals surface area contributed by atoms with Gasteiger partial charge in [-0.15, -0.1) is 0 Å². The van der Waals surface area contributed by atoms with Crippen molar-refractivity contribution in [3.63, 3.8) is 0 Å². The van der Waals surface area contributed by atoms with Gasteiger partial charge in [0.2, 0.25) is 0 Å². The summed E-state index contributed by atoms with van der Waals surface area (Å²) in [5, 5.41) is 3.73. The van der Waals surface area contributed by atoms with E-state index in [-0.39, 0.29) is 5.78 Å². The number of aromatic nitrogens is 1. The molecule has 0 saturated carbocycles. The van der Waals surface area contributed by atoms with Gasteiger partial charge in [-0.3, -0.25) is 9.78 Å². The molecule has 0 aromatic carbocycles. The average molecular weight is 218 g/mol. The normalized spacial score (nSPS) is 10.2. The van der Waals surface area contributed by atoms with Crippen LogP contribution in [0.2, 0.25) is 0 Å². The monoisotopic (exact) mass is 218 g/mol. The number of carbonyl (C=O) groups excluding carboxylic acids is 1. The summed E-state index contributed by atoms with van der Waals surface area (Å²) in [6.07, 6.45) is 1.61. The number of carbonyl (C=O) groups is 1. The average Bonchev–Trinajstić information content (AvgIpc) is 2.81. The molecule has 0 fully saturated rings. The molecule has 0 atom stereocenters. The van der Waals surface area contributed by atoms with E-state index in [4.69, 9.17) is 5.73 Å². The van der Waals surface area contributed by atoms with Crippen LogP contribution in [0.1, 0.15) is 21.6 Å². The molecule has 0 aliphatic heterocycles. The first kappa shape index (κ1) is 10.0. The summed E-state index contributed by atoms with van der Waals surface area (Å²) in [7, 11) is 0. The smallest absolute Gasteiger partial charge is 0.193 e. The third-order valence-electron chi connectivity index (χ3n) is 2.07. The second-order valence-corrected chi connectivity index (χ2v) is 3.86. The van der Waals surface area contributed by atoms with E-state index in [0.717, 1.165) is 5.69 Å². The zero-order valence-corrected chi connectivity index (χ0v) is 8.83. The van der Waals surface area contributed by atoms with E-state index in [1.54, 1.807) is 18.3 Å². The maximum absolute atomic E-state index is 11.9. The largest absolute Gasteiger partial charge is 0.325 e. The van der Waals surface area contributed by atoms with Crippen molar-refractivity contribution in [1.82, 2.24) is 4.98 Å². The number of hydrogen-bond acceptors (Lipinski definition) is 4. The lowest BCUT2D eigenvalue weighted by Crippen LogP contribution is -2.04.